The second-order valence-electron chi connectivity index (χ2n) is 3.16. The molecule has 8 nitrogen and oxygen atoms in total. The number of hydrogen-bond acceptors (Lipinski definition) is 6. The van der Waals surface area contributed by atoms with Crippen LogP contribution in [0.1, 0.15) is 0 Å². The first-order valence-corrected chi connectivity index (χ1v) is 4.30. The fourth-order valence-electron chi connectivity index (χ4n) is 1.42. The van der Waals surface area contributed by atoms with E-state index < -0.39 is 29.1 Å². The van der Waals surface area contributed by atoms with Gasteiger partial charge in [0.05, 0.1) is 0 Å². The van der Waals surface area contributed by atoms with Crippen LogP contribution in [0.2, 0.25) is 0 Å². The molecule has 0 fully saturated rings. The number of aliphatic hydroxyl groups excluding tert-OH is 1. The largest absolute Gasteiger partial charge is 0.509 e. The summed E-state index contributed by atoms with van der Waals surface area (Å²) in [7, 11) is 0. The highest BCUT2D eigenvalue weighted by Crippen LogP contribution is 2.29. The number of rotatable bonds is 2. The van der Waals surface area contributed by atoms with Gasteiger partial charge in [0.2, 0.25) is 11.5 Å². The van der Waals surface area contributed by atoms with Crippen molar-refractivity contribution >= 4 is 11.8 Å². The zero-order valence-corrected chi connectivity index (χ0v) is 8.18. The molecule has 8 heteroatoms. The second kappa shape index (κ2) is 4.31. The standard InChI is InChI=1S/C8H12N4O4/c9-11-6(14)4-2-1-3-5(13)8(4,16)7(15)12-10/h1-4,13,16H,9-10H2,(H,11,14)(H,12,15). The molecule has 1 aliphatic rings. The third kappa shape index (κ3) is 1.65. The first-order valence-electron chi connectivity index (χ1n) is 4.30. The Kier molecular flexibility index (Phi) is 3.28. The van der Waals surface area contributed by atoms with Crippen molar-refractivity contribution in [2.75, 3.05) is 0 Å². The minimum Gasteiger partial charge on any atom is -0.509 e. The molecule has 0 radical (unpaired) electrons. The van der Waals surface area contributed by atoms with Crippen molar-refractivity contribution in [3.8, 4) is 0 Å². The minimum absolute atomic E-state index is 0.688. The number of nitrogens with two attached hydrogens (primary N) is 2. The summed E-state index contributed by atoms with van der Waals surface area (Å²) < 4.78 is 0. The molecule has 2 unspecified atom stereocenters. The number of nitrogens with one attached hydrogen (secondary N) is 2. The monoisotopic (exact) mass is 228 g/mol. The number of aliphatic hydroxyl groups is 2. The van der Waals surface area contributed by atoms with E-state index in [-0.39, 0.29) is 0 Å². The van der Waals surface area contributed by atoms with E-state index in [2.05, 4.69) is 0 Å². The SMILES string of the molecule is NNC(=O)C1C=CC=C(O)C1(O)C(=O)NN. The van der Waals surface area contributed by atoms with Gasteiger partial charge in [-0.05, 0) is 6.08 Å². The van der Waals surface area contributed by atoms with Gasteiger partial charge in [0.15, 0.2) is 0 Å². The van der Waals surface area contributed by atoms with Crippen molar-refractivity contribution in [3.63, 3.8) is 0 Å². The van der Waals surface area contributed by atoms with Crippen LogP contribution >= 0.6 is 0 Å². The maximum absolute atomic E-state index is 11.4. The Morgan fingerprint density at radius 3 is 2.50 bits per heavy atom. The number of amides is 2. The normalized spacial score (nSPS) is 28.2. The molecule has 0 heterocycles. The summed E-state index contributed by atoms with van der Waals surface area (Å²) in [6.45, 7) is 0. The van der Waals surface area contributed by atoms with E-state index in [1.807, 2.05) is 0 Å². The fourth-order valence-corrected chi connectivity index (χ4v) is 1.42. The van der Waals surface area contributed by atoms with Crippen LogP contribution in [0.15, 0.2) is 24.0 Å². The topological polar surface area (TPSA) is 151 Å². The third-order valence-electron chi connectivity index (χ3n) is 2.30. The van der Waals surface area contributed by atoms with Gasteiger partial charge in [-0.15, -0.1) is 0 Å². The Hall–Kier alpha value is -1.90. The summed E-state index contributed by atoms with van der Waals surface area (Å²) in [5.74, 6) is 5.78. The molecule has 0 saturated carbocycles. The van der Waals surface area contributed by atoms with Crippen LogP contribution in [0.25, 0.3) is 0 Å². The highest BCUT2D eigenvalue weighted by molar-refractivity contribution is 5.96. The van der Waals surface area contributed by atoms with E-state index >= 15 is 0 Å². The number of hydrazine groups is 2. The van der Waals surface area contributed by atoms with Gasteiger partial charge in [0.25, 0.3) is 5.91 Å². The molecular formula is C8H12N4O4. The summed E-state index contributed by atoms with van der Waals surface area (Å²) in [6, 6.07) is 0. The molecule has 2 amide bonds. The van der Waals surface area contributed by atoms with Crippen LogP contribution in [0.5, 0.6) is 0 Å². The first kappa shape index (κ1) is 12.2. The number of carbonyl (C=O) groups is 2. The molecule has 16 heavy (non-hydrogen) atoms. The van der Waals surface area contributed by atoms with Crippen molar-refractivity contribution in [3.05, 3.63) is 24.0 Å². The van der Waals surface area contributed by atoms with Crippen LogP contribution in [0.4, 0.5) is 0 Å². The predicted molar refractivity (Wildman–Crippen MR) is 53.0 cm³/mol. The lowest BCUT2D eigenvalue weighted by Crippen LogP contribution is -2.59. The average Bonchev–Trinajstić information content (AvgIpc) is 2.30. The van der Waals surface area contributed by atoms with Gasteiger partial charge in [0.1, 0.15) is 11.7 Å². The highest BCUT2D eigenvalue weighted by Gasteiger charge is 2.51. The van der Waals surface area contributed by atoms with Crippen molar-refractivity contribution < 1.29 is 19.8 Å². The zero-order chi connectivity index (χ0) is 12.3. The van der Waals surface area contributed by atoms with Gasteiger partial charge in [0, 0.05) is 0 Å². The average molecular weight is 228 g/mol. The molecule has 0 aromatic rings. The first-order chi connectivity index (χ1) is 7.48. The van der Waals surface area contributed by atoms with Crippen molar-refractivity contribution in [1.82, 2.24) is 10.9 Å². The molecule has 0 aromatic carbocycles. The molecule has 0 saturated heterocycles. The Morgan fingerprint density at radius 1 is 1.38 bits per heavy atom. The lowest BCUT2D eigenvalue weighted by molar-refractivity contribution is -0.149. The predicted octanol–water partition coefficient (Wildman–Crippen LogP) is -2.67. The fraction of sp³-hybridized carbons (Fsp3) is 0.250. The van der Waals surface area contributed by atoms with Gasteiger partial charge in [-0.2, -0.15) is 0 Å². The van der Waals surface area contributed by atoms with Gasteiger partial charge in [-0.3, -0.25) is 20.4 Å². The minimum atomic E-state index is -2.45. The van der Waals surface area contributed by atoms with E-state index in [1.165, 1.54) is 12.2 Å². The molecule has 0 aromatic heterocycles. The summed E-state index contributed by atoms with van der Waals surface area (Å²) in [4.78, 5) is 22.7. The summed E-state index contributed by atoms with van der Waals surface area (Å²) in [5.41, 5.74) is 0.999. The smallest absolute Gasteiger partial charge is 0.274 e. The van der Waals surface area contributed by atoms with Crippen LogP contribution in [-0.2, 0) is 9.59 Å². The zero-order valence-electron chi connectivity index (χ0n) is 8.18. The van der Waals surface area contributed by atoms with Crippen molar-refractivity contribution in [1.29, 1.82) is 0 Å². The molecule has 0 spiro atoms. The molecule has 2 atom stereocenters. The maximum Gasteiger partial charge on any atom is 0.274 e. The lowest BCUT2D eigenvalue weighted by atomic mass is 9.81. The molecule has 1 rings (SSSR count). The van der Waals surface area contributed by atoms with Gasteiger partial charge >= 0.3 is 0 Å². The Balaban J connectivity index is 3.18. The Labute approximate surface area is 90.5 Å². The number of carbonyl (C=O) groups excluding carboxylic acids is 2. The summed E-state index contributed by atoms with van der Waals surface area (Å²) in [5, 5.41) is 19.5. The molecule has 0 aliphatic heterocycles. The highest BCUT2D eigenvalue weighted by atomic mass is 16.3. The molecule has 1 aliphatic carbocycles. The van der Waals surface area contributed by atoms with Crippen LogP contribution < -0.4 is 22.5 Å². The van der Waals surface area contributed by atoms with E-state index in [1.54, 1.807) is 10.9 Å². The van der Waals surface area contributed by atoms with Gasteiger partial charge < -0.3 is 10.2 Å². The maximum atomic E-state index is 11.4. The van der Waals surface area contributed by atoms with Crippen LogP contribution in [0, 0.1) is 5.92 Å². The quantitative estimate of drug-likeness (QED) is 0.172. The third-order valence-corrected chi connectivity index (χ3v) is 2.30. The second-order valence-corrected chi connectivity index (χ2v) is 3.16. The van der Waals surface area contributed by atoms with Gasteiger partial charge in [-0.25, -0.2) is 11.7 Å². The Bertz CT molecular complexity index is 378. The van der Waals surface area contributed by atoms with E-state index in [9.17, 15) is 19.8 Å². The number of hydrogen-bond donors (Lipinski definition) is 6. The number of allylic oxidation sites excluding steroid dienone is 2. The summed E-state index contributed by atoms with van der Waals surface area (Å²) in [6.07, 6.45) is 3.61. The van der Waals surface area contributed by atoms with E-state index in [0.717, 1.165) is 6.08 Å². The van der Waals surface area contributed by atoms with Crippen LogP contribution in [0.3, 0.4) is 0 Å². The Morgan fingerprint density at radius 2 is 2.00 bits per heavy atom. The van der Waals surface area contributed by atoms with Crippen LogP contribution in [-0.4, -0.2) is 27.6 Å². The van der Waals surface area contributed by atoms with E-state index in [4.69, 9.17) is 11.7 Å². The van der Waals surface area contributed by atoms with Gasteiger partial charge in [-0.1, -0.05) is 12.2 Å². The van der Waals surface area contributed by atoms with Crippen molar-refractivity contribution in [2.45, 2.75) is 5.60 Å². The summed E-state index contributed by atoms with van der Waals surface area (Å²) >= 11 is 0. The molecular weight excluding hydrogens is 216 g/mol. The van der Waals surface area contributed by atoms with E-state index in [0.29, 0.717) is 0 Å². The molecule has 8 N–H and O–H groups in total. The molecule has 0 bridgehead atoms. The van der Waals surface area contributed by atoms with Crippen molar-refractivity contribution in [2.24, 2.45) is 17.6 Å². The lowest BCUT2D eigenvalue weighted by Gasteiger charge is -2.32. The molecule has 88 valence electrons.